The van der Waals surface area contributed by atoms with Crippen molar-refractivity contribution < 1.29 is 0 Å². The zero-order valence-electron chi connectivity index (χ0n) is 9.73. The normalized spacial score (nSPS) is 22.4. The second kappa shape index (κ2) is 5.10. The fraction of sp³-hybridized carbons (Fsp3) is 0.636. The summed E-state index contributed by atoms with van der Waals surface area (Å²) in [5.41, 5.74) is 0. The lowest BCUT2D eigenvalue weighted by Crippen LogP contribution is -2.52. The summed E-state index contributed by atoms with van der Waals surface area (Å²) in [5.74, 6) is 1.02. The average Bonchev–Trinajstić information content (AvgIpc) is 2.29. The van der Waals surface area contributed by atoms with Crippen LogP contribution >= 0.6 is 15.9 Å². The molecule has 1 atom stereocenters. The van der Waals surface area contributed by atoms with E-state index in [1.165, 1.54) is 0 Å². The maximum atomic E-state index is 4.31. The molecule has 0 radical (unpaired) electrons. The number of aromatic nitrogens is 2. The van der Waals surface area contributed by atoms with Crippen molar-refractivity contribution in [2.45, 2.75) is 19.9 Å². The lowest BCUT2D eigenvalue weighted by Gasteiger charge is -2.39. The third-order valence-corrected chi connectivity index (χ3v) is 3.55. The van der Waals surface area contributed by atoms with Gasteiger partial charge in [0.25, 0.3) is 0 Å². The Hall–Kier alpha value is -0.680. The highest BCUT2D eigenvalue weighted by molar-refractivity contribution is 9.10. The molecule has 1 saturated heterocycles. The predicted molar refractivity (Wildman–Crippen MR) is 68.7 cm³/mol. The molecule has 0 amide bonds. The van der Waals surface area contributed by atoms with E-state index in [2.05, 4.69) is 49.5 Å². The Morgan fingerprint density at radius 3 is 2.88 bits per heavy atom. The molecule has 2 heterocycles. The van der Waals surface area contributed by atoms with E-state index in [-0.39, 0.29) is 0 Å². The number of piperazine rings is 1. The van der Waals surface area contributed by atoms with Crippen molar-refractivity contribution in [1.82, 2.24) is 14.9 Å². The molecule has 88 valence electrons. The molecule has 1 aliphatic heterocycles. The van der Waals surface area contributed by atoms with E-state index in [1.807, 2.05) is 6.07 Å². The third kappa shape index (κ3) is 2.52. The molecule has 0 aliphatic carbocycles. The zero-order chi connectivity index (χ0) is 11.5. The molecule has 0 aromatic carbocycles. The van der Waals surface area contributed by atoms with Gasteiger partial charge in [-0.05, 0) is 29.4 Å². The van der Waals surface area contributed by atoms with Gasteiger partial charge in [0.2, 0.25) is 0 Å². The van der Waals surface area contributed by atoms with Gasteiger partial charge < -0.3 is 4.90 Å². The molecule has 5 heteroatoms. The summed E-state index contributed by atoms with van der Waals surface area (Å²) in [6.45, 7) is 8.81. The van der Waals surface area contributed by atoms with Crippen LogP contribution in [0.25, 0.3) is 0 Å². The fourth-order valence-electron chi connectivity index (χ4n) is 2.17. The molecule has 0 saturated carbocycles. The molecular formula is C11H17BrN4. The summed E-state index contributed by atoms with van der Waals surface area (Å²) in [6, 6.07) is 2.57. The van der Waals surface area contributed by atoms with E-state index >= 15 is 0 Å². The van der Waals surface area contributed by atoms with Crippen LogP contribution in [-0.2, 0) is 0 Å². The van der Waals surface area contributed by atoms with Gasteiger partial charge in [-0.25, -0.2) is 9.97 Å². The number of likely N-dealkylation sites (N-methyl/N-ethyl adjacent to an activating group) is 1. The maximum Gasteiger partial charge on any atom is 0.133 e. The average molecular weight is 285 g/mol. The molecule has 1 aromatic rings. The molecule has 1 unspecified atom stereocenters. The highest BCUT2D eigenvalue weighted by Crippen LogP contribution is 2.18. The number of nitrogens with zero attached hydrogens (tertiary/aromatic N) is 4. The molecule has 0 spiro atoms. The van der Waals surface area contributed by atoms with Crippen LogP contribution < -0.4 is 4.90 Å². The zero-order valence-corrected chi connectivity index (χ0v) is 11.3. The Balaban J connectivity index is 2.07. The molecule has 2 rings (SSSR count). The van der Waals surface area contributed by atoms with Gasteiger partial charge in [0.05, 0.1) is 0 Å². The Labute approximate surface area is 105 Å². The molecule has 16 heavy (non-hydrogen) atoms. The van der Waals surface area contributed by atoms with E-state index in [9.17, 15) is 0 Å². The number of rotatable bonds is 2. The van der Waals surface area contributed by atoms with Crippen molar-refractivity contribution >= 4 is 21.7 Å². The second-order valence-corrected chi connectivity index (χ2v) is 4.94. The van der Waals surface area contributed by atoms with Crippen LogP contribution in [0.1, 0.15) is 13.8 Å². The molecule has 1 fully saturated rings. The molecule has 4 nitrogen and oxygen atoms in total. The van der Waals surface area contributed by atoms with Gasteiger partial charge in [-0.3, -0.25) is 4.90 Å². The van der Waals surface area contributed by atoms with Crippen molar-refractivity contribution in [3.63, 3.8) is 0 Å². The first-order valence-corrected chi connectivity index (χ1v) is 6.46. The second-order valence-electron chi connectivity index (χ2n) is 4.12. The van der Waals surface area contributed by atoms with Crippen molar-refractivity contribution in [3.8, 4) is 0 Å². The Bertz CT molecular complexity index is 358. The first-order valence-electron chi connectivity index (χ1n) is 5.67. The van der Waals surface area contributed by atoms with E-state index < -0.39 is 0 Å². The van der Waals surface area contributed by atoms with E-state index in [0.717, 1.165) is 36.6 Å². The largest absolute Gasteiger partial charge is 0.354 e. The summed E-state index contributed by atoms with van der Waals surface area (Å²) in [5, 5.41) is 0. The minimum Gasteiger partial charge on any atom is -0.354 e. The van der Waals surface area contributed by atoms with Crippen LogP contribution in [0.3, 0.4) is 0 Å². The van der Waals surface area contributed by atoms with Gasteiger partial charge in [-0.2, -0.15) is 0 Å². The SMILES string of the molecule is CCN1CCN(c2cc(Br)ncn2)CC1C. The van der Waals surface area contributed by atoms with Crippen LogP contribution in [0, 0.1) is 0 Å². The number of anilines is 1. The minimum atomic E-state index is 0.590. The topological polar surface area (TPSA) is 32.3 Å². The Morgan fingerprint density at radius 1 is 1.44 bits per heavy atom. The van der Waals surface area contributed by atoms with Crippen LogP contribution in [0.4, 0.5) is 5.82 Å². The minimum absolute atomic E-state index is 0.590. The van der Waals surface area contributed by atoms with Gasteiger partial charge in [-0.15, -0.1) is 0 Å². The monoisotopic (exact) mass is 284 g/mol. The maximum absolute atomic E-state index is 4.31. The quantitative estimate of drug-likeness (QED) is 0.775. The molecule has 0 bridgehead atoms. The van der Waals surface area contributed by atoms with Crippen molar-refractivity contribution in [2.75, 3.05) is 31.1 Å². The van der Waals surface area contributed by atoms with Crippen LogP contribution in [0.15, 0.2) is 17.0 Å². The van der Waals surface area contributed by atoms with Crippen LogP contribution in [0.5, 0.6) is 0 Å². The lowest BCUT2D eigenvalue weighted by molar-refractivity contribution is 0.199. The molecule has 1 aromatic heterocycles. The van der Waals surface area contributed by atoms with Crippen LogP contribution in [-0.4, -0.2) is 47.1 Å². The summed E-state index contributed by atoms with van der Waals surface area (Å²) in [7, 11) is 0. The van der Waals surface area contributed by atoms with E-state index in [1.54, 1.807) is 6.33 Å². The predicted octanol–water partition coefficient (Wildman–Crippen LogP) is 1.77. The van der Waals surface area contributed by atoms with Crippen molar-refractivity contribution in [3.05, 3.63) is 17.0 Å². The van der Waals surface area contributed by atoms with Gasteiger partial charge in [-0.1, -0.05) is 6.92 Å². The van der Waals surface area contributed by atoms with Gasteiger partial charge in [0.1, 0.15) is 16.7 Å². The van der Waals surface area contributed by atoms with Gasteiger partial charge >= 0.3 is 0 Å². The van der Waals surface area contributed by atoms with Crippen molar-refractivity contribution in [2.24, 2.45) is 0 Å². The first kappa shape index (κ1) is 11.8. The van der Waals surface area contributed by atoms with Gasteiger partial charge in [0, 0.05) is 31.7 Å². The number of hydrogen-bond acceptors (Lipinski definition) is 4. The lowest BCUT2D eigenvalue weighted by atomic mass is 10.2. The summed E-state index contributed by atoms with van der Waals surface area (Å²) >= 11 is 3.38. The Kier molecular flexibility index (Phi) is 3.76. The van der Waals surface area contributed by atoms with Gasteiger partial charge in [0.15, 0.2) is 0 Å². The number of halogens is 1. The summed E-state index contributed by atoms with van der Waals surface area (Å²) in [4.78, 5) is 13.2. The van der Waals surface area contributed by atoms with E-state index in [4.69, 9.17) is 0 Å². The smallest absolute Gasteiger partial charge is 0.133 e. The summed E-state index contributed by atoms with van der Waals surface area (Å²) < 4.78 is 0.850. The Morgan fingerprint density at radius 2 is 2.25 bits per heavy atom. The standard InChI is InChI=1S/C11H17BrN4/c1-3-15-4-5-16(7-9(15)2)11-6-10(12)13-8-14-11/h6,8-9H,3-5,7H2,1-2H3. The highest BCUT2D eigenvalue weighted by Gasteiger charge is 2.23. The molecule has 0 N–H and O–H groups in total. The molecule has 1 aliphatic rings. The van der Waals surface area contributed by atoms with E-state index in [0.29, 0.717) is 6.04 Å². The van der Waals surface area contributed by atoms with Crippen molar-refractivity contribution in [1.29, 1.82) is 0 Å². The van der Waals surface area contributed by atoms with Crippen LogP contribution in [0.2, 0.25) is 0 Å². The highest BCUT2D eigenvalue weighted by atomic mass is 79.9. The molecular weight excluding hydrogens is 268 g/mol. The summed E-state index contributed by atoms with van der Waals surface area (Å²) in [6.07, 6.45) is 1.61. The fourth-order valence-corrected chi connectivity index (χ4v) is 2.47. The number of hydrogen-bond donors (Lipinski definition) is 0. The third-order valence-electron chi connectivity index (χ3n) is 3.11. The first-order chi connectivity index (χ1) is 7.70.